The van der Waals surface area contributed by atoms with E-state index in [1.807, 2.05) is 0 Å². The summed E-state index contributed by atoms with van der Waals surface area (Å²) in [5.74, 6) is 0.896. The van der Waals surface area contributed by atoms with E-state index in [-0.39, 0.29) is 6.10 Å². The van der Waals surface area contributed by atoms with Crippen molar-refractivity contribution >= 4 is 0 Å². The third kappa shape index (κ3) is 3.37. The maximum atomic E-state index is 5.93. The van der Waals surface area contributed by atoms with Crippen LogP contribution >= 0.6 is 0 Å². The van der Waals surface area contributed by atoms with Gasteiger partial charge in [0.2, 0.25) is 0 Å². The average Bonchev–Trinajstić information content (AvgIpc) is 2.49. The molecule has 0 radical (unpaired) electrons. The normalized spacial score (nSPS) is 24.1. The van der Waals surface area contributed by atoms with Crippen molar-refractivity contribution in [2.75, 3.05) is 19.7 Å². The van der Waals surface area contributed by atoms with E-state index in [9.17, 15) is 0 Å². The molecule has 1 aromatic rings. The Bertz CT molecular complexity index is 398. The summed E-state index contributed by atoms with van der Waals surface area (Å²) in [7, 11) is 0. The number of hydrogen-bond acceptors (Lipinski definition) is 2. The zero-order valence-electron chi connectivity index (χ0n) is 11.7. The molecular formula is C17H25NO. The first-order valence-electron chi connectivity index (χ1n) is 7.83. The molecule has 2 heteroatoms. The van der Waals surface area contributed by atoms with Gasteiger partial charge in [-0.05, 0) is 42.9 Å². The summed E-state index contributed by atoms with van der Waals surface area (Å²) >= 11 is 0. The molecule has 2 aliphatic rings. The molecule has 1 unspecified atom stereocenters. The Morgan fingerprint density at radius 2 is 1.89 bits per heavy atom. The minimum Gasteiger partial charge on any atom is -0.372 e. The van der Waals surface area contributed by atoms with Gasteiger partial charge in [0.25, 0.3) is 0 Å². The maximum Gasteiger partial charge on any atom is 0.0952 e. The lowest BCUT2D eigenvalue weighted by atomic mass is 9.89. The molecule has 19 heavy (non-hydrogen) atoms. The molecule has 3 rings (SSSR count). The van der Waals surface area contributed by atoms with Gasteiger partial charge < -0.3 is 10.1 Å². The Labute approximate surface area is 116 Å². The number of ether oxygens (including phenoxy) is 1. The van der Waals surface area contributed by atoms with E-state index in [0.29, 0.717) is 0 Å². The van der Waals surface area contributed by atoms with E-state index in [1.165, 1.54) is 49.8 Å². The van der Waals surface area contributed by atoms with Crippen molar-refractivity contribution < 1.29 is 4.74 Å². The number of nitrogens with one attached hydrogen (secondary N) is 1. The summed E-state index contributed by atoms with van der Waals surface area (Å²) < 4.78 is 5.93. The zero-order chi connectivity index (χ0) is 12.9. The molecule has 1 saturated carbocycles. The van der Waals surface area contributed by atoms with Crippen LogP contribution in [0.2, 0.25) is 0 Å². The standard InChI is InChI=1S/C17H25NO/c1-2-6-14(7-3-1)12-18-13-17-16-9-5-4-8-15(16)10-11-19-17/h4-5,8-9,14,17-18H,1-3,6-7,10-13H2. The fourth-order valence-electron chi connectivity index (χ4n) is 3.46. The first-order chi connectivity index (χ1) is 9.43. The molecule has 0 bridgehead atoms. The van der Waals surface area contributed by atoms with Gasteiger partial charge in [-0.25, -0.2) is 0 Å². The van der Waals surface area contributed by atoms with Crippen LogP contribution in [0.5, 0.6) is 0 Å². The predicted octanol–water partition coefficient (Wildman–Crippen LogP) is 3.47. The SMILES string of the molecule is c1ccc2c(c1)CCOC2CNCC1CCCCC1. The first kappa shape index (κ1) is 13.1. The van der Waals surface area contributed by atoms with Crippen molar-refractivity contribution in [3.63, 3.8) is 0 Å². The van der Waals surface area contributed by atoms with Gasteiger partial charge in [0.05, 0.1) is 12.7 Å². The molecule has 1 atom stereocenters. The van der Waals surface area contributed by atoms with E-state index in [2.05, 4.69) is 29.6 Å². The lowest BCUT2D eigenvalue weighted by molar-refractivity contribution is 0.0417. The van der Waals surface area contributed by atoms with Crippen LogP contribution in [0.3, 0.4) is 0 Å². The van der Waals surface area contributed by atoms with Crippen LogP contribution in [0.25, 0.3) is 0 Å². The number of rotatable bonds is 4. The molecule has 1 fully saturated rings. The van der Waals surface area contributed by atoms with E-state index in [4.69, 9.17) is 4.74 Å². The summed E-state index contributed by atoms with van der Waals surface area (Å²) in [5.41, 5.74) is 2.86. The van der Waals surface area contributed by atoms with Gasteiger partial charge in [0.1, 0.15) is 0 Å². The molecule has 1 aliphatic carbocycles. The summed E-state index contributed by atoms with van der Waals surface area (Å²) in [4.78, 5) is 0. The molecular weight excluding hydrogens is 234 g/mol. The second kappa shape index (κ2) is 6.53. The lowest BCUT2D eigenvalue weighted by Gasteiger charge is -2.28. The van der Waals surface area contributed by atoms with Crippen molar-refractivity contribution in [1.82, 2.24) is 5.32 Å². The fraction of sp³-hybridized carbons (Fsp3) is 0.647. The fourth-order valence-corrected chi connectivity index (χ4v) is 3.46. The Hall–Kier alpha value is -0.860. The van der Waals surface area contributed by atoms with Gasteiger partial charge in [0.15, 0.2) is 0 Å². The molecule has 2 nitrogen and oxygen atoms in total. The van der Waals surface area contributed by atoms with Crippen LogP contribution in [-0.2, 0) is 11.2 Å². The Morgan fingerprint density at radius 1 is 1.05 bits per heavy atom. The van der Waals surface area contributed by atoms with E-state index >= 15 is 0 Å². The van der Waals surface area contributed by atoms with Gasteiger partial charge in [-0.3, -0.25) is 0 Å². The third-order valence-electron chi connectivity index (χ3n) is 4.58. The van der Waals surface area contributed by atoms with Crippen molar-refractivity contribution in [2.45, 2.75) is 44.6 Å². The minimum absolute atomic E-state index is 0.258. The summed E-state index contributed by atoms with van der Waals surface area (Å²) in [6.07, 6.45) is 8.44. The second-order valence-electron chi connectivity index (χ2n) is 5.97. The first-order valence-corrected chi connectivity index (χ1v) is 7.83. The molecule has 104 valence electrons. The molecule has 0 saturated heterocycles. The van der Waals surface area contributed by atoms with Crippen molar-refractivity contribution in [2.24, 2.45) is 5.92 Å². The smallest absolute Gasteiger partial charge is 0.0952 e. The largest absolute Gasteiger partial charge is 0.372 e. The van der Waals surface area contributed by atoms with Crippen LogP contribution in [-0.4, -0.2) is 19.7 Å². The van der Waals surface area contributed by atoms with Crippen molar-refractivity contribution in [3.8, 4) is 0 Å². The summed E-state index contributed by atoms with van der Waals surface area (Å²) in [5, 5.41) is 3.64. The monoisotopic (exact) mass is 259 g/mol. The van der Waals surface area contributed by atoms with Crippen LogP contribution in [0.15, 0.2) is 24.3 Å². The molecule has 0 amide bonds. The quantitative estimate of drug-likeness (QED) is 0.894. The predicted molar refractivity (Wildman–Crippen MR) is 78.3 cm³/mol. The van der Waals surface area contributed by atoms with Crippen molar-refractivity contribution in [3.05, 3.63) is 35.4 Å². The maximum absolute atomic E-state index is 5.93. The highest BCUT2D eigenvalue weighted by molar-refractivity contribution is 5.31. The summed E-state index contributed by atoms with van der Waals surface area (Å²) in [6.45, 7) is 3.00. The van der Waals surface area contributed by atoms with Gasteiger partial charge in [-0.2, -0.15) is 0 Å². The number of benzene rings is 1. The lowest BCUT2D eigenvalue weighted by Crippen LogP contribution is -2.31. The van der Waals surface area contributed by atoms with Gasteiger partial charge in [0, 0.05) is 6.54 Å². The van der Waals surface area contributed by atoms with Crippen LogP contribution < -0.4 is 5.32 Å². The van der Waals surface area contributed by atoms with E-state index < -0.39 is 0 Å². The number of hydrogen-bond donors (Lipinski definition) is 1. The Morgan fingerprint density at radius 3 is 2.79 bits per heavy atom. The Balaban J connectivity index is 1.50. The van der Waals surface area contributed by atoms with Gasteiger partial charge in [-0.15, -0.1) is 0 Å². The Kier molecular flexibility index (Phi) is 4.52. The van der Waals surface area contributed by atoms with Crippen LogP contribution in [0.1, 0.15) is 49.3 Å². The molecule has 0 spiro atoms. The number of fused-ring (bicyclic) bond motifs is 1. The average molecular weight is 259 g/mol. The van der Waals surface area contributed by atoms with Gasteiger partial charge >= 0.3 is 0 Å². The van der Waals surface area contributed by atoms with E-state index in [0.717, 1.165) is 25.5 Å². The molecule has 1 aromatic carbocycles. The highest BCUT2D eigenvalue weighted by atomic mass is 16.5. The zero-order valence-corrected chi connectivity index (χ0v) is 11.7. The van der Waals surface area contributed by atoms with Crippen molar-refractivity contribution in [1.29, 1.82) is 0 Å². The summed E-state index contributed by atoms with van der Waals surface area (Å²) in [6, 6.07) is 8.73. The highest BCUT2D eigenvalue weighted by Crippen LogP contribution is 2.27. The van der Waals surface area contributed by atoms with E-state index in [1.54, 1.807) is 0 Å². The molecule has 1 heterocycles. The molecule has 1 N–H and O–H groups in total. The molecule has 0 aromatic heterocycles. The van der Waals surface area contributed by atoms with Crippen LogP contribution in [0, 0.1) is 5.92 Å². The minimum atomic E-state index is 0.258. The highest BCUT2D eigenvalue weighted by Gasteiger charge is 2.20. The van der Waals surface area contributed by atoms with Gasteiger partial charge in [-0.1, -0.05) is 43.5 Å². The van der Waals surface area contributed by atoms with Crippen LogP contribution in [0.4, 0.5) is 0 Å². The topological polar surface area (TPSA) is 21.3 Å². The third-order valence-corrected chi connectivity index (χ3v) is 4.58. The molecule has 1 aliphatic heterocycles. The second-order valence-corrected chi connectivity index (χ2v) is 5.97.